The van der Waals surface area contributed by atoms with Gasteiger partial charge in [-0.25, -0.2) is 0 Å². The maximum atomic E-state index is 9.66. The molecule has 3 aromatic carbocycles. The standard InChI is InChI=1S/C18H15O2PS2/c19-22-17-12-6-4-10-15(17)21(14-8-2-1-3-9-14)16-11-5-7-13-18(16)23-20/h1-13,19-20H. The molecule has 0 fully saturated rings. The molecular formula is C18H15O2PS2. The molecule has 0 bridgehead atoms. The van der Waals surface area contributed by atoms with Gasteiger partial charge in [-0.05, 0) is 25.4 Å². The van der Waals surface area contributed by atoms with Gasteiger partial charge in [0.25, 0.3) is 0 Å². The Morgan fingerprint density at radius 1 is 0.565 bits per heavy atom. The average molecular weight is 358 g/mol. The van der Waals surface area contributed by atoms with E-state index in [-0.39, 0.29) is 0 Å². The lowest BCUT2D eigenvalue weighted by Crippen LogP contribution is -2.23. The Morgan fingerprint density at radius 2 is 1.00 bits per heavy atom. The third-order valence-corrected chi connectivity index (χ3v) is 7.39. The lowest BCUT2D eigenvalue weighted by Gasteiger charge is -2.22. The van der Waals surface area contributed by atoms with Crippen LogP contribution in [-0.2, 0) is 0 Å². The summed E-state index contributed by atoms with van der Waals surface area (Å²) in [7, 11) is -0.861. The molecule has 2 nitrogen and oxygen atoms in total. The topological polar surface area (TPSA) is 40.5 Å². The summed E-state index contributed by atoms with van der Waals surface area (Å²) in [4.78, 5) is 1.69. The minimum atomic E-state index is -0.861. The van der Waals surface area contributed by atoms with Crippen LogP contribution < -0.4 is 15.9 Å². The van der Waals surface area contributed by atoms with Gasteiger partial charge in [0.2, 0.25) is 0 Å². The van der Waals surface area contributed by atoms with Crippen LogP contribution >= 0.6 is 32.0 Å². The fraction of sp³-hybridized carbons (Fsp3) is 0. The molecule has 3 aromatic rings. The summed E-state index contributed by atoms with van der Waals surface area (Å²) in [6.07, 6.45) is 0. The van der Waals surface area contributed by atoms with E-state index in [1.807, 2.05) is 54.6 Å². The van der Waals surface area contributed by atoms with Crippen molar-refractivity contribution in [1.82, 2.24) is 0 Å². The lowest BCUT2D eigenvalue weighted by atomic mass is 10.3. The van der Waals surface area contributed by atoms with Crippen LogP contribution in [0.15, 0.2) is 88.7 Å². The molecule has 0 spiro atoms. The molecule has 116 valence electrons. The van der Waals surface area contributed by atoms with Crippen LogP contribution in [0.25, 0.3) is 0 Å². The van der Waals surface area contributed by atoms with Crippen LogP contribution in [0.3, 0.4) is 0 Å². The lowest BCUT2D eigenvalue weighted by molar-refractivity contribution is 0.664. The Balaban J connectivity index is 2.23. The van der Waals surface area contributed by atoms with E-state index in [9.17, 15) is 9.11 Å². The predicted octanol–water partition coefficient (Wildman–Crippen LogP) is 4.58. The average Bonchev–Trinajstić information content (AvgIpc) is 2.64. The van der Waals surface area contributed by atoms with E-state index >= 15 is 0 Å². The quantitative estimate of drug-likeness (QED) is 0.518. The summed E-state index contributed by atoms with van der Waals surface area (Å²) < 4.78 is 19.3. The van der Waals surface area contributed by atoms with Crippen molar-refractivity contribution in [1.29, 1.82) is 0 Å². The molecule has 23 heavy (non-hydrogen) atoms. The Morgan fingerprint density at radius 3 is 1.48 bits per heavy atom. The monoisotopic (exact) mass is 358 g/mol. The summed E-state index contributed by atoms with van der Waals surface area (Å²) >= 11 is 1.55. The van der Waals surface area contributed by atoms with Crippen molar-refractivity contribution >= 4 is 47.9 Å². The molecule has 0 aliphatic heterocycles. The fourth-order valence-electron chi connectivity index (χ4n) is 2.42. The second-order valence-electron chi connectivity index (χ2n) is 4.79. The molecule has 5 heteroatoms. The molecule has 0 aliphatic rings. The first-order valence-electron chi connectivity index (χ1n) is 7.01. The Hall–Kier alpha value is -1.29. The van der Waals surface area contributed by atoms with E-state index < -0.39 is 7.92 Å². The maximum Gasteiger partial charge on any atom is 0.0434 e. The molecule has 0 radical (unpaired) electrons. The molecule has 0 saturated carbocycles. The highest BCUT2D eigenvalue weighted by Crippen LogP contribution is 2.38. The Labute approximate surface area is 145 Å². The second kappa shape index (κ2) is 8.00. The Kier molecular flexibility index (Phi) is 5.76. The van der Waals surface area contributed by atoms with Gasteiger partial charge in [0.1, 0.15) is 0 Å². The summed E-state index contributed by atoms with van der Waals surface area (Å²) in [6.45, 7) is 0. The minimum absolute atomic E-state index is 0.773. The van der Waals surface area contributed by atoms with Gasteiger partial charge in [0.15, 0.2) is 0 Å². The normalized spacial score (nSPS) is 10.9. The van der Waals surface area contributed by atoms with Crippen molar-refractivity contribution in [2.45, 2.75) is 9.79 Å². The van der Waals surface area contributed by atoms with Crippen molar-refractivity contribution in [2.24, 2.45) is 0 Å². The van der Waals surface area contributed by atoms with Crippen LogP contribution in [0, 0.1) is 0 Å². The molecule has 0 aliphatic carbocycles. The Bertz CT molecular complexity index is 733. The van der Waals surface area contributed by atoms with Crippen molar-refractivity contribution < 1.29 is 9.11 Å². The van der Waals surface area contributed by atoms with Crippen LogP contribution in [0.4, 0.5) is 0 Å². The first-order chi connectivity index (χ1) is 11.3. The van der Waals surface area contributed by atoms with E-state index in [1.54, 1.807) is 0 Å². The van der Waals surface area contributed by atoms with E-state index in [0.717, 1.165) is 44.5 Å². The van der Waals surface area contributed by atoms with Gasteiger partial charge in [0.05, 0.1) is 0 Å². The van der Waals surface area contributed by atoms with Gasteiger partial charge in [0, 0.05) is 44.5 Å². The number of benzene rings is 3. The zero-order chi connectivity index (χ0) is 16.1. The molecule has 0 heterocycles. The van der Waals surface area contributed by atoms with E-state index in [1.165, 1.54) is 5.30 Å². The van der Waals surface area contributed by atoms with Crippen molar-refractivity contribution in [3.8, 4) is 0 Å². The van der Waals surface area contributed by atoms with Crippen molar-refractivity contribution in [3.05, 3.63) is 78.9 Å². The third kappa shape index (κ3) is 3.63. The number of rotatable bonds is 5. The zero-order valence-electron chi connectivity index (χ0n) is 12.2. The second-order valence-corrected chi connectivity index (χ2v) is 8.18. The van der Waals surface area contributed by atoms with Crippen molar-refractivity contribution in [2.75, 3.05) is 0 Å². The van der Waals surface area contributed by atoms with E-state index in [4.69, 9.17) is 0 Å². The highest BCUT2D eigenvalue weighted by Gasteiger charge is 2.22. The number of hydrogen-bond acceptors (Lipinski definition) is 4. The van der Waals surface area contributed by atoms with Gasteiger partial charge in [-0.1, -0.05) is 66.7 Å². The summed E-state index contributed by atoms with van der Waals surface area (Å²) in [5.41, 5.74) is 0. The molecule has 0 saturated heterocycles. The molecular weight excluding hydrogens is 343 g/mol. The summed E-state index contributed by atoms with van der Waals surface area (Å²) in [6, 6.07) is 26.0. The fourth-order valence-corrected chi connectivity index (χ4v) is 6.16. The van der Waals surface area contributed by atoms with Crippen LogP contribution in [-0.4, -0.2) is 9.11 Å². The van der Waals surface area contributed by atoms with Gasteiger partial charge in [-0.15, -0.1) is 0 Å². The molecule has 0 atom stereocenters. The number of hydrogen-bond donors (Lipinski definition) is 2. The van der Waals surface area contributed by atoms with Crippen LogP contribution in [0.5, 0.6) is 0 Å². The van der Waals surface area contributed by atoms with Gasteiger partial charge in [-0.3, -0.25) is 0 Å². The van der Waals surface area contributed by atoms with Crippen LogP contribution in [0.2, 0.25) is 0 Å². The molecule has 0 unspecified atom stereocenters. The summed E-state index contributed by atoms with van der Waals surface area (Å²) in [5.74, 6) is 0. The largest absolute Gasteiger partial charge is 0.325 e. The van der Waals surface area contributed by atoms with Crippen LogP contribution in [0.1, 0.15) is 0 Å². The molecule has 0 amide bonds. The molecule has 3 rings (SSSR count). The van der Waals surface area contributed by atoms with Gasteiger partial charge >= 0.3 is 0 Å². The minimum Gasteiger partial charge on any atom is -0.325 e. The first-order valence-corrected chi connectivity index (χ1v) is 9.90. The molecule has 2 N–H and O–H groups in total. The maximum absolute atomic E-state index is 9.66. The third-order valence-electron chi connectivity index (χ3n) is 3.42. The highest BCUT2D eigenvalue weighted by molar-refractivity contribution is 7.96. The van der Waals surface area contributed by atoms with Gasteiger partial charge in [-0.2, -0.15) is 0 Å². The van der Waals surface area contributed by atoms with E-state index in [0.29, 0.717) is 0 Å². The van der Waals surface area contributed by atoms with Gasteiger partial charge < -0.3 is 9.11 Å². The SMILES string of the molecule is OSc1ccccc1P(c1ccccc1)c1ccccc1SO. The molecule has 0 aromatic heterocycles. The zero-order valence-corrected chi connectivity index (χ0v) is 14.7. The highest BCUT2D eigenvalue weighted by atomic mass is 32.2. The smallest absolute Gasteiger partial charge is 0.0434 e. The van der Waals surface area contributed by atoms with E-state index in [2.05, 4.69) is 24.3 Å². The first kappa shape index (κ1) is 16.6. The predicted molar refractivity (Wildman–Crippen MR) is 102 cm³/mol. The van der Waals surface area contributed by atoms with Crippen molar-refractivity contribution in [3.63, 3.8) is 0 Å². The summed E-state index contributed by atoms with van der Waals surface area (Å²) in [5, 5.41) is 3.36.